The smallest absolute Gasteiger partial charge is 0.241 e. The fourth-order valence-corrected chi connectivity index (χ4v) is 4.14. The number of anilines is 1. The third-order valence-electron chi connectivity index (χ3n) is 4.25. The second-order valence-corrected chi connectivity index (χ2v) is 8.62. The number of aryl methyl sites for hydroxylation is 3. The van der Waals surface area contributed by atoms with E-state index < -0.39 is 10.0 Å². The molecule has 0 saturated carbocycles. The fourth-order valence-electron chi connectivity index (χ4n) is 3.17. The second kappa shape index (κ2) is 7.91. The normalized spacial score (nSPS) is 12.5. The van der Waals surface area contributed by atoms with E-state index >= 15 is 0 Å². The number of nitrogens with one attached hydrogen (secondary N) is 1. The molecule has 2 rings (SSSR count). The summed E-state index contributed by atoms with van der Waals surface area (Å²) in [4.78, 5) is 12.5. The largest absolute Gasteiger partial charge is 0.348 e. The molecule has 2 aromatic carbocycles. The lowest BCUT2D eigenvalue weighted by molar-refractivity contribution is -0.120. The maximum atomic E-state index is 12.5. The molecule has 0 aliphatic carbocycles. The van der Waals surface area contributed by atoms with Crippen LogP contribution in [0.2, 0.25) is 0 Å². The lowest BCUT2D eigenvalue weighted by Gasteiger charge is -2.26. The summed E-state index contributed by atoms with van der Waals surface area (Å²) in [5, 5.41) is 2.87. The van der Waals surface area contributed by atoms with Crippen LogP contribution < -0.4 is 9.62 Å². The van der Waals surface area contributed by atoms with E-state index in [2.05, 4.69) is 5.32 Å². The first kappa shape index (κ1) is 20.0. The van der Waals surface area contributed by atoms with Crippen molar-refractivity contribution in [3.8, 4) is 0 Å². The van der Waals surface area contributed by atoms with Crippen molar-refractivity contribution in [2.45, 2.75) is 33.7 Å². The van der Waals surface area contributed by atoms with Crippen molar-refractivity contribution in [2.24, 2.45) is 0 Å². The highest BCUT2D eigenvalue weighted by molar-refractivity contribution is 7.92. The second-order valence-electron chi connectivity index (χ2n) is 6.72. The summed E-state index contributed by atoms with van der Waals surface area (Å²) in [6.07, 6.45) is 1.12. The van der Waals surface area contributed by atoms with E-state index in [1.54, 1.807) is 0 Å². The average Bonchev–Trinajstić information content (AvgIpc) is 2.53. The van der Waals surface area contributed by atoms with Crippen molar-refractivity contribution in [3.63, 3.8) is 0 Å². The van der Waals surface area contributed by atoms with Gasteiger partial charge in [0.15, 0.2) is 0 Å². The van der Waals surface area contributed by atoms with Crippen LogP contribution in [-0.2, 0) is 14.8 Å². The lowest BCUT2D eigenvalue weighted by atomic mass is 10.1. The molecule has 0 bridgehead atoms. The molecule has 6 heteroatoms. The number of hydrogen-bond acceptors (Lipinski definition) is 3. The summed E-state index contributed by atoms with van der Waals surface area (Å²) < 4.78 is 25.9. The summed E-state index contributed by atoms with van der Waals surface area (Å²) in [6, 6.07) is 13.2. The first-order valence-corrected chi connectivity index (χ1v) is 10.3. The van der Waals surface area contributed by atoms with Gasteiger partial charge >= 0.3 is 0 Å². The van der Waals surface area contributed by atoms with Crippen LogP contribution in [0.15, 0.2) is 42.5 Å². The SMILES string of the molecule is Cc1cc(C)c(N(CC(=O)N[C@@H](C)c2ccccc2)S(C)(=O)=O)c(C)c1. The van der Waals surface area contributed by atoms with E-state index in [9.17, 15) is 13.2 Å². The van der Waals surface area contributed by atoms with Crippen LogP contribution in [0.25, 0.3) is 0 Å². The van der Waals surface area contributed by atoms with Crippen molar-refractivity contribution < 1.29 is 13.2 Å². The Bertz CT molecular complexity index is 870. The number of sulfonamides is 1. The van der Waals surface area contributed by atoms with Crippen LogP contribution in [-0.4, -0.2) is 27.1 Å². The molecule has 2 aromatic rings. The van der Waals surface area contributed by atoms with Crippen LogP contribution in [0.5, 0.6) is 0 Å². The zero-order valence-corrected chi connectivity index (χ0v) is 16.7. The molecule has 26 heavy (non-hydrogen) atoms. The van der Waals surface area contributed by atoms with E-state index in [0.29, 0.717) is 5.69 Å². The van der Waals surface area contributed by atoms with E-state index in [-0.39, 0.29) is 18.5 Å². The van der Waals surface area contributed by atoms with Gasteiger partial charge in [-0.05, 0) is 44.4 Å². The zero-order valence-electron chi connectivity index (χ0n) is 15.9. The first-order chi connectivity index (χ1) is 12.1. The number of carbonyl (C=O) groups excluding carboxylic acids is 1. The molecule has 0 unspecified atom stereocenters. The molecule has 0 heterocycles. The number of hydrogen-bond donors (Lipinski definition) is 1. The molecule has 140 valence electrons. The Balaban J connectivity index is 2.26. The minimum absolute atomic E-state index is 0.203. The van der Waals surface area contributed by atoms with Gasteiger partial charge in [0, 0.05) is 0 Å². The van der Waals surface area contributed by atoms with Crippen molar-refractivity contribution in [3.05, 3.63) is 64.7 Å². The highest BCUT2D eigenvalue weighted by Crippen LogP contribution is 2.28. The van der Waals surface area contributed by atoms with Gasteiger partial charge < -0.3 is 5.32 Å². The first-order valence-electron chi connectivity index (χ1n) is 8.49. The predicted octanol–water partition coefficient (Wildman–Crippen LogP) is 3.26. The third-order valence-corrected chi connectivity index (χ3v) is 5.36. The van der Waals surface area contributed by atoms with Crippen molar-refractivity contribution in [1.82, 2.24) is 5.32 Å². The van der Waals surface area contributed by atoms with E-state index in [4.69, 9.17) is 0 Å². The van der Waals surface area contributed by atoms with Gasteiger partial charge in [0.1, 0.15) is 6.54 Å². The van der Waals surface area contributed by atoms with Gasteiger partial charge in [-0.2, -0.15) is 0 Å². The number of benzene rings is 2. The number of nitrogens with zero attached hydrogens (tertiary/aromatic N) is 1. The highest BCUT2D eigenvalue weighted by atomic mass is 32.2. The predicted molar refractivity (Wildman–Crippen MR) is 106 cm³/mol. The summed E-state index contributed by atoms with van der Waals surface area (Å²) in [5.74, 6) is -0.342. The summed E-state index contributed by atoms with van der Waals surface area (Å²) in [5.41, 5.74) is 4.25. The molecular formula is C20H26N2O3S. The van der Waals surface area contributed by atoms with Crippen molar-refractivity contribution in [2.75, 3.05) is 17.1 Å². The fraction of sp³-hybridized carbons (Fsp3) is 0.350. The molecule has 0 saturated heterocycles. The van der Waals surface area contributed by atoms with E-state index in [0.717, 1.165) is 28.5 Å². The summed E-state index contributed by atoms with van der Waals surface area (Å²) in [7, 11) is -3.60. The molecule has 0 fully saturated rings. The Morgan fingerprint density at radius 1 is 1.08 bits per heavy atom. The quantitative estimate of drug-likeness (QED) is 0.844. The Morgan fingerprint density at radius 3 is 2.12 bits per heavy atom. The number of rotatable bonds is 6. The van der Waals surface area contributed by atoms with Crippen LogP contribution in [0.3, 0.4) is 0 Å². The molecule has 1 amide bonds. The van der Waals surface area contributed by atoms with Crippen LogP contribution >= 0.6 is 0 Å². The summed E-state index contributed by atoms with van der Waals surface area (Å²) in [6.45, 7) is 7.31. The third kappa shape index (κ3) is 4.85. The van der Waals surface area contributed by atoms with Gasteiger partial charge in [-0.25, -0.2) is 8.42 Å². The van der Waals surface area contributed by atoms with Crippen LogP contribution in [0, 0.1) is 20.8 Å². The molecule has 0 radical (unpaired) electrons. The minimum Gasteiger partial charge on any atom is -0.348 e. The molecular weight excluding hydrogens is 348 g/mol. The Morgan fingerprint density at radius 2 is 1.62 bits per heavy atom. The number of amides is 1. The average molecular weight is 375 g/mol. The highest BCUT2D eigenvalue weighted by Gasteiger charge is 2.24. The molecule has 0 aliphatic rings. The Kier molecular flexibility index (Phi) is 6.08. The van der Waals surface area contributed by atoms with Gasteiger partial charge in [-0.3, -0.25) is 9.10 Å². The van der Waals surface area contributed by atoms with Crippen LogP contribution in [0.4, 0.5) is 5.69 Å². The molecule has 1 atom stereocenters. The van der Waals surface area contributed by atoms with Gasteiger partial charge in [0.25, 0.3) is 0 Å². The standard InChI is InChI=1S/C20H26N2O3S/c1-14-11-15(2)20(16(3)12-14)22(26(5,24)25)13-19(23)21-17(4)18-9-7-6-8-10-18/h6-12,17H,13H2,1-5H3,(H,21,23)/t17-/m0/s1. The van der Waals surface area contributed by atoms with Crippen molar-refractivity contribution in [1.29, 1.82) is 0 Å². The van der Waals surface area contributed by atoms with E-state index in [1.807, 2.05) is 70.2 Å². The minimum atomic E-state index is -3.60. The monoisotopic (exact) mass is 374 g/mol. The Hall–Kier alpha value is -2.34. The zero-order chi connectivity index (χ0) is 19.5. The molecule has 0 aliphatic heterocycles. The maximum absolute atomic E-state index is 12.5. The topological polar surface area (TPSA) is 66.5 Å². The summed E-state index contributed by atoms with van der Waals surface area (Å²) >= 11 is 0. The van der Waals surface area contributed by atoms with Gasteiger partial charge in [-0.1, -0.05) is 48.0 Å². The lowest BCUT2D eigenvalue weighted by Crippen LogP contribution is -2.41. The van der Waals surface area contributed by atoms with Gasteiger partial charge in [0.2, 0.25) is 15.9 Å². The van der Waals surface area contributed by atoms with Crippen molar-refractivity contribution >= 4 is 21.6 Å². The molecule has 1 N–H and O–H groups in total. The maximum Gasteiger partial charge on any atom is 0.241 e. The Labute approximate surface area is 156 Å². The van der Waals surface area contributed by atoms with E-state index in [1.165, 1.54) is 4.31 Å². The molecule has 5 nitrogen and oxygen atoms in total. The van der Waals surface area contributed by atoms with Gasteiger partial charge in [0.05, 0.1) is 18.0 Å². The number of carbonyl (C=O) groups is 1. The van der Waals surface area contributed by atoms with Gasteiger partial charge in [-0.15, -0.1) is 0 Å². The van der Waals surface area contributed by atoms with Crippen LogP contribution in [0.1, 0.15) is 35.2 Å². The molecule has 0 spiro atoms. The molecule has 0 aromatic heterocycles.